The second-order valence-corrected chi connectivity index (χ2v) is 7.25. The molecule has 0 radical (unpaired) electrons. The lowest BCUT2D eigenvalue weighted by atomic mass is 10.1. The maximum absolute atomic E-state index is 12.6. The van der Waals surface area contributed by atoms with Gasteiger partial charge in [-0.15, -0.1) is 0 Å². The van der Waals surface area contributed by atoms with Gasteiger partial charge in [0.2, 0.25) is 5.88 Å². The summed E-state index contributed by atoms with van der Waals surface area (Å²) in [7, 11) is 0. The first-order chi connectivity index (χ1) is 14.9. The average molecular weight is 416 g/mol. The molecule has 0 aliphatic heterocycles. The molecule has 0 atom stereocenters. The molecule has 2 heterocycles. The van der Waals surface area contributed by atoms with Crippen LogP contribution in [0, 0.1) is 24.0 Å². The number of aromatic amines is 1. The smallest absolute Gasteiger partial charge is 0.270 e. The first kappa shape index (κ1) is 20.1. The Kier molecular flexibility index (Phi) is 5.36. The van der Waals surface area contributed by atoms with E-state index in [0.717, 1.165) is 22.4 Å². The van der Waals surface area contributed by atoms with Gasteiger partial charge in [0.05, 0.1) is 10.5 Å². The molecule has 4 aromatic rings. The Balaban J connectivity index is 1.43. The van der Waals surface area contributed by atoms with Gasteiger partial charge in [-0.2, -0.15) is 0 Å². The highest BCUT2D eigenvalue weighted by atomic mass is 16.6. The normalized spacial score (nSPS) is 10.8. The molecule has 0 aliphatic carbocycles. The summed E-state index contributed by atoms with van der Waals surface area (Å²) in [5.74, 6) is 0.886. The highest BCUT2D eigenvalue weighted by molar-refractivity contribution is 6.07. The number of nitro groups is 1. The van der Waals surface area contributed by atoms with Crippen molar-refractivity contribution >= 4 is 22.5 Å². The van der Waals surface area contributed by atoms with Crippen molar-refractivity contribution < 1.29 is 14.5 Å². The number of benzene rings is 2. The number of amides is 1. The summed E-state index contributed by atoms with van der Waals surface area (Å²) >= 11 is 0. The average Bonchev–Trinajstić information content (AvgIpc) is 3.19. The van der Waals surface area contributed by atoms with Gasteiger partial charge in [-0.3, -0.25) is 14.9 Å². The molecule has 156 valence electrons. The van der Waals surface area contributed by atoms with E-state index in [0.29, 0.717) is 22.3 Å². The summed E-state index contributed by atoms with van der Waals surface area (Å²) in [5, 5.41) is 14.3. The first-order valence-corrected chi connectivity index (χ1v) is 9.64. The summed E-state index contributed by atoms with van der Waals surface area (Å²) < 4.78 is 5.85. The molecule has 4 rings (SSSR count). The number of carbonyl (C=O) groups excluding carboxylic acids is 1. The third-order valence-electron chi connectivity index (χ3n) is 4.93. The van der Waals surface area contributed by atoms with Crippen molar-refractivity contribution in [2.45, 2.75) is 20.4 Å². The number of pyridine rings is 1. The second-order valence-electron chi connectivity index (χ2n) is 7.25. The van der Waals surface area contributed by atoms with Gasteiger partial charge in [-0.1, -0.05) is 18.2 Å². The zero-order valence-electron chi connectivity index (χ0n) is 17.0. The number of nitro benzene ring substituents is 1. The number of carbonyl (C=O) groups is 1. The molecule has 0 unspecified atom stereocenters. The minimum absolute atomic E-state index is 0.0650. The number of nitrogens with zero attached hydrogens (tertiary/aromatic N) is 2. The van der Waals surface area contributed by atoms with E-state index in [1.54, 1.807) is 24.5 Å². The molecule has 2 aromatic heterocycles. The summed E-state index contributed by atoms with van der Waals surface area (Å²) in [6, 6.07) is 13.9. The van der Waals surface area contributed by atoms with E-state index in [-0.39, 0.29) is 18.1 Å². The van der Waals surface area contributed by atoms with Crippen LogP contribution >= 0.6 is 0 Å². The molecular formula is C23H20N4O4. The number of fused-ring (bicyclic) bond motifs is 1. The zero-order chi connectivity index (χ0) is 22.0. The molecule has 1 amide bonds. The number of hydrogen-bond acceptors (Lipinski definition) is 5. The molecule has 31 heavy (non-hydrogen) atoms. The van der Waals surface area contributed by atoms with Crippen LogP contribution in [0.4, 0.5) is 5.69 Å². The Morgan fingerprint density at radius 1 is 1.16 bits per heavy atom. The third-order valence-corrected chi connectivity index (χ3v) is 4.93. The van der Waals surface area contributed by atoms with Gasteiger partial charge in [-0.25, -0.2) is 4.98 Å². The Morgan fingerprint density at radius 2 is 2.00 bits per heavy atom. The number of H-pyrrole nitrogens is 1. The molecule has 0 aliphatic rings. The van der Waals surface area contributed by atoms with Gasteiger partial charge in [0.25, 0.3) is 11.6 Å². The Morgan fingerprint density at radius 3 is 2.74 bits per heavy atom. The van der Waals surface area contributed by atoms with E-state index >= 15 is 0 Å². The first-order valence-electron chi connectivity index (χ1n) is 9.64. The van der Waals surface area contributed by atoms with Crippen molar-refractivity contribution in [1.82, 2.24) is 15.3 Å². The molecule has 8 heteroatoms. The highest BCUT2D eigenvalue weighted by Crippen LogP contribution is 2.25. The van der Waals surface area contributed by atoms with Crippen LogP contribution in [0.1, 0.15) is 27.0 Å². The summed E-state index contributed by atoms with van der Waals surface area (Å²) in [4.78, 5) is 30.4. The van der Waals surface area contributed by atoms with Gasteiger partial charge >= 0.3 is 0 Å². The van der Waals surface area contributed by atoms with Gasteiger partial charge in [0.1, 0.15) is 5.75 Å². The number of non-ortho nitro benzene ring substituents is 1. The predicted octanol–water partition coefficient (Wildman–Crippen LogP) is 4.81. The lowest BCUT2D eigenvalue weighted by Gasteiger charge is -2.09. The number of ether oxygens (including phenoxy) is 1. The molecular weight excluding hydrogens is 396 g/mol. The molecule has 2 aromatic carbocycles. The molecule has 0 saturated carbocycles. The summed E-state index contributed by atoms with van der Waals surface area (Å²) in [6.45, 7) is 4.23. The number of nitrogens with one attached hydrogen (secondary N) is 2. The van der Waals surface area contributed by atoms with E-state index in [4.69, 9.17) is 4.74 Å². The minimum Gasteiger partial charge on any atom is -0.439 e. The van der Waals surface area contributed by atoms with Crippen molar-refractivity contribution in [3.63, 3.8) is 0 Å². The third kappa shape index (κ3) is 4.37. The molecule has 8 nitrogen and oxygen atoms in total. The van der Waals surface area contributed by atoms with E-state index in [1.165, 1.54) is 12.1 Å². The van der Waals surface area contributed by atoms with Crippen LogP contribution in [0.15, 0.2) is 60.9 Å². The quantitative estimate of drug-likeness (QED) is 0.346. The van der Waals surface area contributed by atoms with Crippen LogP contribution in [-0.4, -0.2) is 20.8 Å². The van der Waals surface area contributed by atoms with Crippen LogP contribution in [-0.2, 0) is 6.54 Å². The molecule has 0 fully saturated rings. The summed E-state index contributed by atoms with van der Waals surface area (Å²) in [5.41, 5.74) is 3.86. The van der Waals surface area contributed by atoms with Gasteiger partial charge in [0, 0.05) is 48.0 Å². The fourth-order valence-corrected chi connectivity index (χ4v) is 3.19. The monoisotopic (exact) mass is 416 g/mol. The number of aryl methyl sites for hydroxylation is 2. The predicted molar refractivity (Wildman–Crippen MR) is 116 cm³/mol. The highest BCUT2D eigenvalue weighted by Gasteiger charge is 2.15. The van der Waals surface area contributed by atoms with Crippen LogP contribution in [0.5, 0.6) is 11.6 Å². The van der Waals surface area contributed by atoms with E-state index in [1.807, 2.05) is 38.1 Å². The SMILES string of the molecule is Cc1ccc(C)c(Oc2ccc(CNC(=O)c3c[nH]c4ccc([N+](=O)[O-])cc34)cn2)c1. The molecule has 2 N–H and O–H groups in total. The minimum atomic E-state index is -0.484. The van der Waals surface area contributed by atoms with E-state index in [2.05, 4.69) is 15.3 Å². The van der Waals surface area contributed by atoms with Crippen LogP contribution in [0.25, 0.3) is 10.9 Å². The van der Waals surface area contributed by atoms with Crippen LogP contribution in [0.2, 0.25) is 0 Å². The Bertz CT molecular complexity index is 1280. The fraction of sp³-hybridized carbons (Fsp3) is 0.130. The largest absolute Gasteiger partial charge is 0.439 e. The maximum atomic E-state index is 12.6. The second kappa shape index (κ2) is 8.27. The lowest BCUT2D eigenvalue weighted by Crippen LogP contribution is -2.22. The Hall–Kier alpha value is -4.20. The van der Waals surface area contributed by atoms with Crippen molar-refractivity contribution in [3.05, 3.63) is 93.3 Å². The van der Waals surface area contributed by atoms with E-state index < -0.39 is 4.92 Å². The standard InChI is InChI=1S/C23H20N4O4/c1-14-3-4-15(2)21(9-14)31-22-8-5-16(11-25-22)12-26-23(28)19-13-24-20-7-6-17(27(29)30)10-18(19)20/h3-11,13,24H,12H2,1-2H3,(H,26,28). The van der Waals surface area contributed by atoms with Crippen molar-refractivity contribution in [1.29, 1.82) is 0 Å². The van der Waals surface area contributed by atoms with Crippen molar-refractivity contribution in [3.8, 4) is 11.6 Å². The van der Waals surface area contributed by atoms with Crippen molar-refractivity contribution in [2.75, 3.05) is 0 Å². The van der Waals surface area contributed by atoms with Crippen LogP contribution in [0.3, 0.4) is 0 Å². The lowest BCUT2D eigenvalue weighted by molar-refractivity contribution is -0.384. The van der Waals surface area contributed by atoms with Crippen molar-refractivity contribution in [2.24, 2.45) is 0 Å². The Labute approximate surface area is 178 Å². The van der Waals surface area contributed by atoms with Gasteiger partial charge in [0.15, 0.2) is 0 Å². The maximum Gasteiger partial charge on any atom is 0.270 e. The molecule has 0 saturated heterocycles. The van der Waals surface area contributed by atoms with Gasteiger partial charge < -0.3 is 15.0 Å². The zero-order valence-corrected chi connectivity index (χ0v) is 17.0. The fourth-order valence-electron chi connectivity index (χ4n) is 3.19. The number of hydrogen-bond donors (Lipinski definition) is 2. The van der Waals surface area contributed by atoms with E-state index in [9.17, 15) is 14.9 Å². The molecule has 0 spiro atoms. The topological polar surface area (TPSA) is 110 Å². The number of rotatable bonds is 6. The summed E-state index contributed by atoms with van der Waals surface area (Å²) in [6.07, 6.45) is 3.18. The van der Waals surface area contributed by atoms with Crippen LogP contribution < -0.4 is 10.1 Å². The van der Waals surface area contributed by atoms with Gasteiger partial charge in [-0.05, 0) is 42.7 Å². The number of aromatic nitrogens is 2. The molecule has 0 bridgehead atoms.